The van der Waals surface area contributed by atoms with E-state index in [2.05, 4.69) is 15.1 Å². The molecule has 0 spiro atoms. The Balaban J connectivity index is 2.47. The number of hydrogen-bond acceptors (Lipinski definition) is 5. The Morgan fingerprint density at radius 3 is 2.74 bits per heavy atom. The van der Waals surface area contributed by atoms with E-state index in [0.717, 1.165) is 11.3 Å². The first-order chi connectivity index (χ1) is 9.13. The van der Waals surface area contributed by atoms with Crippen LogP contribution in [0.2, 0.25) is 0 Å². The Kier molecular flexibility index (Phi) is 3.61. The van der Waals surface area contributed by atoms with Gasteiger partial charge in [0.1, 0.15) is 0 Å². The lowest BCUT2D eigenvalue weighted by atomic mass is 10.1. The number of rotatable bonds is 3. The number of oxime groups is 1. The third kappa shape index (κ3) is 2.62. The average molecular weight is 258 g/mol. The van der Waals surface area contributed by atoms with Crippen molar-refractivity contribution < 1.29 is 9.94 Å². The fourth-order valence-electron chi connectivity index (χ4n) is 1.65. The first-order valence-corrected chi connectivity index (χ1v) is 5.66. The van der Waals surface area contributed by atoms with Gasteiger partial charge < -0.3 is 15.7 Å². The standard InChI is InChI=1S/C13H14N4O2/c1-8-5-7-16-13(11(8)12(14)17-18)19-10-4-3-6-15-9(10)2/h3-7,18H,1-2H3,(H2,14,17). The van der Waals surface area contributed by atoms with Crippen molar-refractivity contribution in [3.05, 3.63) is 47.4 Å². The van der Waals surface area contributed by atoms with Crippen LogP contribution in [0.3, 0.4) is 0 Å². The molecule has 6 heteroatoms. The Morgan fingerprint density at radius 1 is 1.26 bits per heavy atom. The molecule has 2 rings (SSSR count). The van der Waals surface area contributed by atoms with Gasteiger partial charge in [0.25, 0.3) is 0 Å². The van der Waals surface area contributed by atoms with Crippen LogP contribution in [0.5, 0.6) is 11.6 Å². The van der Waals surface area contributed by atoms with Gasteiger partial charge in [-0.3, -0.25) is 4.98 Å². The number of hydrogen-bond donors (Lipinski definition) is 2. The molecule has 0 fully saturated rings. The Labute approximate surface area is 110 Å². The van der Waals surface area contributed by atoms with E-state index in [4.69, 9.17) is 15.7 Å². The van der Waals surface area contributed by atoms with E-state index in [1.165, 1.54) is 0 Å². The molecule has 0 bridgehead atoms. The van der Waals surface area contributed by atoms with Gasteiger partial charge in [-0.2, -0.15) is 0 Å². The van der Waals surface area contributed by atoms with Crippen LogP contribution in [0.25, 0.3) is 0 Å². The fourth-order valence-corrected chi connectivity index (χ4v) is 1.65. The van der Waals surface area contributed by atoms with Crippen LogP contribution in [0, 0.1) is 13.8 Å². The summed E-state index contributed by atoms with van der Waals surface area (Å²) in [7, 11) is 0. The number of nitrogens with two attached hydrogens (primary N) is 1. The van der Waals surface area contributed by atoms with Gasteiger partial charge in [0.2, 0.25) is 5.88 Å². The normalized spacial score (nSPS) is 11.4. The number of pyridine rings is 2. The maximum atomic E-state index is 8.83. The van der Waals surface area contributed by atoms with E-state index in [-0.39, 0.29) is 11.7 Å². The van der Waals surface area contributed by atoms with E-state index in [9.17, 15) is 0 Å². The van der Waals surface area contributed by atoms with Crippen LogP contribution in [-0.2, 0) is 0 Å². The van der Waals surface area contributed by atoms with Crippen molar-refractivity contribution in [2.45, 2.75) is 13.8 Å². The zero-order valence-corrected chi connectivity index (χ0v) is 10.7. The Bertz CT molecular complexity index is 626. The maximum Gasteiger partial charge on any atom is 0.230 e. The fraction of sp³-hybridized carbons (Fsp3) is 0.154. The number of aromatic nitrogens is 2. The minimum Gasteiger partial charge on any atom is -0.436 e. The molecule has 2 aromatic rings. The van der Waals surface area contributed by atoms with Crippen molar-refractivity contribution in [3.8, 4) is 11.6 Å². The lowest BCUT2D eigenvalue weighted by Crippen LogP contribution is -2.16. The first-order valence-electron chi connectivity index (χ1n) is 5.66. The zero-order valence-electron chi connectivity index (χ0n) is 10.7. The molecule has 0 saturated carbocycles. The third-order valence-corrected chi connectivity index (χ3v) is 2.65. The van der Waals surface area contributed by atoms with Crippen molar-refractivity contribution in [2.24, 2.45) is 10.9 Å². The lowest BCUT2D eigenvalue weighted by Gasteiger charge is -2.12. The second-order valence-electron chi connectivity index (χ2n) is 3.98. The van der Waals surface area contributed by atoms with Gasteiger partial charge in [0, 0.05) is 12.4 Å². The predicted octanol–water partition coefficient (Wildman–Crippen LogP) is 1.98. The van der Waals surface area contributed by atoms with Gasteiger partial charge in [0.15, 0.2) is 11.6 Å². The van der Waals surface area contributed by atoms with Gasteiger partial charge in [-0.1, -0.05) is 5.16 Å². The summed E-state index contributed by atoms with van der Waals surface area (Å²) in [6.45, 7) is 3.66. The minimum absolute atomic E-state index is 0.0397. The molecule has 0 aliphatic heterocycles. The van der Waals surface area contributed by atoms with Crippen LogP contribution in [-0.4, -0.2) is 21.0 Å². The van der Waals surface area contributed by atoms with Crippen molar-refractivity contribution in [1.82, 2.24) is 9.97 Å². The summed E-state index contributed by atoms with van der Waals surface area (Å²) < 4.78 is 5.70. The number of ether oxygens (including phenoxy) is 1. The largest absolute Gasteiger partial charge is 0.436 e. The number of nitrogens with zero attached hydrogens (tertiary/aromatic N) is 3. The molecule has 0 amide bonds. The van der Waals surface area contributed by atoms with Crippen LogP contribution >= 0.6 is 0 Å². The molecule has 19 heavy (non-hydrogen) atoms. The number of amidine groups is 1. The summed E-state index contributed by atoms with van der Waals surface area (Å²) >= 11 is 0. The molecule has 3 N–H and O–H groups in total. The van der Waals surface area contributed by atoms with Gasteiger partial charge in [-0.15, -0.1) is 0 Å². The van der Waals surface area contributed by atoms with E-state index in [0.29, 0.717) is 11.3 Å². The SMILES string of the molecule is Cc1ccnc(Oc2cccnc2C)c1/C(N)=N/O. The van der Waals surface area contributed by atoms with E-state index in [1.807, 2.05) is 13.8 Å². The van der Waals surface area contributed by atoms with Crippen LogP contribution in [0.4, 0.5) is 0 Å². The summed E-state index contributed by atoms with van der Waals surface area (Å²) in [5.74, 6) is 0.820. The van der Waals surface area contributed by atoms with Crippen LogP contribution in [0.1, 0.15) is 16.8 Å². The third-order valence-electron chi connectivity index (χ3n) is 2.65. The summed E-state index contributed by atoms with van der Waals surface area (Å²) in [6.07, 6.45) is 3.28. The molecule has 2 heterocycles. The molecule has 0 atom stereocenters. The topological polar surface area (TPSA) is 93.6 Å². The van der Waals surface area contributed by atoms with Gasteiger partial charge in [0.05, 0.1) is 11.3 Å². The predicted molar refractivity (Wildman–Crippen MR) is 70.5 cm³/mol. The monoisotopic (exact) mass is 258 g/mol. The summed E-state index contributed by atoms with van der Waals surface area (Å²) in [5, 5.41) is 11.8. The summed E-state index contributed by atoms with van der Waals surface area (Å²) in [6, 6.07) is 5.31. The maximum absolute atomic E-state index is 8.83. The molecular weight excluding hydrogens is 244 g/mol. The molecule has 0 radical (unpaired) electrons. The van der Waals surface area contributed by atoms with Crippen molar-refractivity contribution in [3.63, 3.8) is 0 Å². The van der Waals surface area contributed by atoms with E-state index in [1.54, 1.807) is 30.6 Å². The van der Waals surface area contributed by atoms with Gasteiger partial charge >= 0.3 is 0 Å². The quantitative estimate of drug-likeness (QED) is 0.380. The highest BCUT2D eigenvalue weighted by molar-refractivity contribution is 6.00. The molecule has 6 nitrogen and oxygen atoms in total. The van der Waals surface area contributed by atoms with Crippen LogP contribution in [0.15, 0.2) is 35.7 Å². The van der Waals surface area contributed by atoms with Gasteiger partial charge in [-0.25, -0.2) is 4.98 Å². The van der Waals surface area contributed by atoms with Crippen LogP contribution < -0.4 is 10.5 Å². The van der Waals surface area contributed by atoms with Crippen molar-refractivity contribution in [1.29, 1.82) is 0 Å². The number of aryl methyl sites for hydroxylation is 2. The van der Waals surface area contributed by atoms with Gasteiger partial charge in [-0.05, 0) is 37.6 Å². The second kappa shape index (κ2) is 5.34. The molecule has 0 aromatic carbocycles. The Morgan fingerprint density at radius 2 is 2.05 bits per heavy atom. The summed E-state index contributed by atoms with van der Waals surface area (Å²) in [4.78, 5) is 8.25. The first kappa shape index (κ1) is 12.8. The molecule has 98 valence electrons. The highest BCUT2D eigenvalue weighted by Crippen LogP contribution is 2.26. The average Bonchev–Trinajstić information content (AvgIpc) is 2.41. The molecule has 0 saturated heterocycles. The smallest absolute Gasteiger partial charge is 0.230 e. The van der Waals surface area contributed by atoms with Crippen molar-refractivity contribution in [2.75, 3.05) is 0 Å². The summed E-state index contributed by atoms with van der Waals surface area (Å²) in [5.41, 5.74) is 7.66. The van der Waals surface area contributed by atoms with Crippen molar-refractivity contribution >= 4 is 5.84 Å². The second-order valence-corrected chi connectivity index (χ2v) is 3.98. The Hall–Kier alpha value is -2.63. The highest BCUT2D eigenvalue weighted by atomic mass is 16.5. The molecule has 0 unspecified atom stereocenters. The molecular formula is C13H14N4O2. The highest BCUT2D eigenvalue weighted by Gasteiger charge is 2.14. The molecule has 2 aromatic heterocycles. The molecule has 0 aliphatic carbocycles. The van der Waals surface area contributed by atoms with E-state index < -0.39 is 0 Å². The molecule has 0 aliphatic rings. The van der Waals surface area contributed by atoms with E-state index >= 15 is 0 Å². The zero-order chi connectivity index (χ0) is 13.8. The minimum atomic E-state index is -0.0397. The lowest BCUT2D eigenvalue weighted by molar-refractivity contribution is 0.318.